The fraction of sp³-hybridized carbons (Fsp3) is 0.200. The lowest BCUT2D eigenvalue weighted by atomic mass is 10.0. The number of fused-ring (bicyclic) bond motifs is 2. The third kappa shape index (κ3) is 1.67. The van der Waals surface area contributed by atoms with Gasteiger partial charge in [0.05, 0.1) is 11.4 Å². The van der Waals surface area contributed by atoms with E-state index in [9.17, 15) is 0 Å². The van der Waals surface area contributed by atoms with Crippen molar-refractivity contribution in [2.75, 3.05) is 5.75 Å². The molecule has 1 N–H and O–H groups in total. The maximum atomic E-state index is 4.67. The van der Waals surface area contributed by atoms with Crippen LogP contribution in [-0.2, 0) is 0 Å². The van der Waals surface area contributed by atoms with E-state index in [0.29, 0.717) is 5.92 Å². The minimum absolute atomic E-state index is 0.356. The van der Waals surface area contributed by atoms with Gasteiger partial charge in [0.1, 0.15) is 5.82 Å². The van der Waals surface area contributed by atoms with Gasteiger partial charge in [0.25, 0.3) is 0 Å². The molecule has 1 aliphatic heterocycles. The number of benzene rings is 1. The Balaban J connectivity index is 1.86. The molecule has 3 heterocycles. The van der Waals surface area contributed by atoms with Crippen LogP contribution in [0.1, 0.15) is 22.9 Å². The van der Waals surface area contributed by atoms with Crippen LogP contribution in [0.2, 0.25) is 0 Å². The van der Waals surface area contributed by atoms with E-state index in [4.69, 9.17) is 0 Å². The number of thioether (sulfide) groups is 1. The van der Waals surface area contributed by atoms with Gasteiger partial charge in [-0.1, -0.05) is 18.2 Å². The minimum Gasteiger partial charge on any atom is -0.340 e. The summed E-state index contributed by atoms with van der Waals surface area (Å²) in [4.78, 5) is 13.8. The molecule has 1 aliphatic rings. The number of aryl methyl sites for hydroxylation is 1. The second-order valence-electron chi connectivity index (χ2n) is 4.85. The Morgan fingerprint density at radius 2 is 2.16 bits per heavy atom. The van der Waals surface area contributed by atoms with Gasteiger partial charge in [-0.3, -0.25) is 0 Å². The predicted octanol–water partition coefficient (Wildman–Crippen LogP) is 3.50. The van der Waals surface area contributed by atoms with Crippen molar-refractivity contribution in [2.24, 2.45) is 0 Å². The normalized spacial score (nSPS) is 17.8. The van der Waals surface area contributed by atoms with Gasteiger partial charge in [-0.05, 0) is 30.2 Å². The maximum absolute atomic E-state index is 4.67. The Bertz CT molecular complexity index is 763. The summed E-state index contributed by atoms with van der Waals surface area (Å²) in [6.07, 6.45) is 1.82. The van der Waals surface area contributed by atoms with Gasteiger partial charge in [-0.25, -0.2) is 9.97 Å². The zero-order valence-electron chi connectivity index (χ0n) is 10.6. The molecule has 0 aliphatic carbocycles. The van der Waals surface area contributed by atoms with Crippen molar-refractivity contribution in [3.05, 3.63) is 53.5 Å². The van der Waals surface area contributed by atoms with Crippen molar-refractivity contribution >= 4 is 22.9 Å². The van der Waals surface area contributed by atoms with Crippen LogP contribution in [0.15, 0.2) is 41.4 Å². The van der Waals surface area contributed by atoms with Gasteiger partial charge in [0.15, 0.2) is 5.65 Å². The van der Waals surface area contributed by atoms with Gasteiger partial charge in [0.2, 0.25) is 0 Å². The van der Waals surface area contributed by atoms with Crippen LogP contribution in [0.4, 0.5) is 0 Å². The number of nitrogens with zero attached hydrogens (tertiary/aromatic N) is 2. The summed E-state index contributed by atoms with van der Waals surface area (Å²) in [5.41, 5.74) is 4.46. The van der Waals surface area contributed by atoms with Crippen molar-refractivity contribution in [1.82, 2.24) is 15.0 Å². The van der Waals surface area contributed by atoms with Crippen LogP contribution in [0.3, 0.4) is 0 Å². The Morgan fingerprint density at radius 1 is 1.26 bits per heavy atom. The molecule has 4 rings (SSSR count). The first-order valence-electron chi connectivity index (χ1n) is 6.36. The van der Waals surface area contributed by atoms with Crippen LogP contribution in [0, 0.1) is 6.92 Å². The molecule has 0 saturated carbocycles. The smallest absolute Gasteiger partial charge is 0.177 e. The minimum atomic E-state index is 0.356. The SMILES string of the molecule is Cc1ccnc2nc(C3CSc4ccccc43)[nH]c12. The van der Waals surface area contributed by atoms with E-state index >= 15 is 0 Å². The van der Waals surface area contributed by atoms with E-state index in [1.165, 1.54) is 16.0 Å². The summed E-state index contributed by atoms with van der Waals surface area (Å²) in [7, 11) is 0. The number of aromatic nitrogens is 3. The highest BCUT2D eigenvalue weighted by Gasteiger charge is 2.27. The molecule has 0 amide bonds. The average molecular weight is 267 g/mol. The molecular formula is C15H13N3S. The third-order valence-electron chi connectivity index (χ3n) is 3.65. The molecule has 1 unspecified atom stereocenters. The van der Waals surface area contributed by atoms with Crippen LogP contribution in [-0.4, -0.2) is 20.7 Å². The summed E-state index contributed by atoms with van der Waals surface area (Å²) in [5.74, 6) is 2.45. The van der Waals surface area contributed by atoms with Gasteiger partial charge in [0, 0.05) is 16.8 Å². The molecule has 4 heteroatoms. The average Bonchev–Trinajstić information content (AvgIpc) is 3.02. The lowest BCUT2D eigenvalue weighted by Gasteiger charge is -2.06. The van der Waals surface area contributed by atoms with Gasteiger partial charge < -0.3 is 4.98 Å². The van der Waals surface area contributed by atoms with Crippen LogP contribution in [0.25, 0.3) is 11.2 Å². The second kappa shape index (κ2) is 4.10. The molecule has 19 heavy (non-hydrogen) atoms. The zero-order valence-corrected chi connectivity index (χ0v) is 11.4. The molecule has 2 aromatic heterocycles. The largest absolute Gasteiger partial charge is 0.340 e. The summed E-state index contributed by atoms with van der Waals surface area (Å²) >= 11 is 1.90. The highest BCUT2D eigenvalue weighted by molar-refractivity contribution is 7.99. The predicted molar refractivity (Wildman–Crippen MR) is 77.6 cm³/mol. The molecule has 0 fully saturated rings. The molecule has 3 aromatic rings. The van der Waals surface area contributed by atoms with Crippen LogP contribution in [0.5, 0.6) is 0 Å². The van der Waals surface area contributed by atoms with Crippen molar-refractivity contribution in [3.63, 3.8) is 0 Å². The Hall–Kier alpha value is -1.81. The standard InChI is InChI=1S/C15H13N3S/c1-9-6-7-16-15-13(9)17-14(18-15)11-8-19-12-5-3-2-4-10(11)12/h2-7,11H,8H2,1H3,(H,16,17,18). The molecule has 1 aromatic carbocycles. The molecular weight excluding hydrogens is 254 g/mol. The second-order valence-corrected chi connectivity index (χ2v) is 5.91. The molecule has 3 nitrogen and oxygen atoms in total. The first kappa shape index (κ1) is 11.1. The highest BCUT2D eigenvalue weighted by Crippen LogP contribution is 2.42. The molecule has 0 bridgehead atoms. The molecule has 94 valence electrons. The molecule has 0 spiro atoms. The van der Waals surface area contributed by atoms with Gasteiger partial charge in [-0.2, -0.15) is 0 Å². The van der Waals surface area contributed by atoms with E-state index in [2.05, 4.69) is 46.1 Å². The first-order valence-corrected chi connectivity index (χ1v) is 7.34. The van der Waals surface area contributed by atoms with Crippen LogP contribution < -0.4 is 0 Å². The number of hydrogen-bond donors (Lipinski definition) is 1. The Morgan fingerprint density at radius 3 is 3.05 bits per heavy atom. The Labute approximate surface area is 115 Å². The number of hydrogen-bond acceptors (Lipinski definition) is 3. The van der Waals surface area contributed by atoms with Gasteiger partial charge >= 0.3 is 0 Å². The fourth-order valence-electron chi connectivity index (χ4n) is 2.61. The van der Waals surface area contributed by atoms with Gasteiger partial charge in [-0.15, -0.1) is 11.8 Å². The van der Waals surface area contributed by atoms with Crippen LogP contribution >= 0.6 is 11.8 Å². The maximum Gasteiger partial charge on any atom is 0.177 e. The van der Waals surface area contributed by atoms with Crippen molar-refractivity contribution < 1.29 is 0 Å². The summed E-state index contributed by atoms with van der Waals surface area (Å²) in [6.45, 7) is 2.09. The number of imidazole rings is 1. The molecule has 1 atom stereocenters. The van der Waals surface area contributed by atoms with Crippen molar-refractivity contribution in [1.29, 1.82) is 0 Å². The van der Waals surface area contributed by atoms with Crippen molar-refractivity contribution in [3.8, 4) is 0 Å². The number of nitrogens with one attached hydrogen (secondary N) is 1. The van der Waals surface area contributed by atoms with E-state index in [-0.39, 0.29) is 0 Å². The summed E-state index contributed by atoms with van der Waals surface area (Å²) in [5, 5.41) is 0. The lowest BCUT2D eigenvalue weighted by molar-refractivity contribution is 0.857. The Kier molecular flexibility index (Phi) is 2.38. The van der Waals surface area contributed by atoms with E-state index in [1.54, 1.807) is 0 Å². The molecule has 0 saturated heterocycles. The first-order chi connectivity index (χ1) is 9.33. The quantitative estimate of drug-likeness (QED) is 0.733. The monoisotopic (exact) mass is 267 g/mol. The van der Waals surface area contributed by atoms with E-state index in [1.807, 2.05) is 24.0 Å². The zero-order chi connectivity index (χ0) is 12.8. The topological polar surface area (TPSA) is 41.6 Å². The number of pyridine rings is 1. The van der Waals surface area contributed by atoms with E-state index < -0.39 is 0 Å². The number of H-pyrrole nitrogens is 1. The summed E-state index contributed by atoms with van der Waals surface area (Å²) < 4.78 is 0. The highest BCUT2D eigenvalue weighted by atomic mass is 32.2. The fourth-order valence-corrected chi connectivity index (χ4v) is 3.84. The van der Waals surface area contributed by atoms with E-state index in [0.717, 1.165) is 22.7 Å². The van der Waals surface area contributed by atoms with Crippen molar-refractivity contribution in [2.45, 2.75) is 17.7 Å². The number of rotatable bonds is 1. The number of aromatic amines is 1. The third-order valence-corrected chi connectivity index (χ3v) is 4.83. The lowest BCUT2D eigenvalue weighted by Crippen LogP contribution is -2.01. The summed E-state index contributed by atoms with van der Waals surface area (Å²) in [6, 6.07) is 10.6. The molecule has 0 radical (unpaired) electrons.